The van der Waals surface area contributed by atoms with Crippen molar-refractivity contribution < 1.29 is 23.8 Å². The summed E-state index contributed by atoms with van der Waals surface area (Å²) in [5, 5.41) is 3.36. The van der Waals surface area contributed by atoms with Crippen molar-refractivity contribution in [1.29, 1.82) is 0 Å². The summed E-state index contributed by atoms with van der Waals surface area (Å²) in [7, 11) is 1.61. The Morgan fingerprint density at radius 3 is 2.39 bits per heavy atom. The lowest BCUT2D eigenvalue weighted by Crippen LogP contribution is -2.14. The van der Waals surface area contributed by atoms with Gasteiger partial charge in [-0.25, -0.2) is 4.79 Å². The minimum Gasteiger partial charge on any atom is -0.497 e. The van der Waals surface area contributed by atoms with Gasteiger partial charge < -0.3 is 19.5 Å². The van der Waals surface area contributed by atoms with Gasteiger partial charge in [0.1, 0.15) is 16.5 Å². The molecule has 0 saturated heterocycles. The van der Waals surface area contributed by atoms with E-state index in [0.29, 0.717) is 23.6 Å². The number of hydrogen-bond donors (Lipinski definition) is 1. The van der Waals surface area contributed by atoms with Crippen LogP contribution >= 0.6 is 11.3 Å². The summed E-state index contributed by atoms with van der Waals surface area (Å²) in [5.74, 6) is 0.857. The molecule has 1 heterocycles. The van der Waals surface area contributed by atoms with Crippen molar-refractivity contribution >= 4 is 28.2 Å². The summed E-state index contributed by atoms with van der Waals surface area (Å²) in [6.07, 6.45) is 0.820. The SMILES string of the molecule is CCOC(=O)c1cc(-c2ccccc2)sc1NC(=O)CCCOc1ccc(OC)cc1. The summed E-state index contributed by atoms with van der Waals surface area (Å²) in [6, 6.07) is 18.8. The predicted octanol–water partition coefficient (Wildman–Crippen LogP) is 5.40. The molecule has 0 aliphatic carbocycles. The highest BCUT2D eigenvalue weighted by Gasteiger charge is 2.19. The van der Waals surface area contributed by atoms with Gasteiger partial charge in [0, 0.05) is 11.3 Å². The van der Waals surface area contributed by atoms with E-state index in [0.717, 1.165) is 21.9 Å². The van der Waals surface area contributed by atoms with Crippen LogP contribution in [0.4, 0.5) is 5.00 Å². The number of esters is 1. The minimum atomic E-state index is -0.445. The van der Waals surface area contributed by atoms with Gasteiger partial charge in [0.2, 0.25) is 5.91 Å². The van der Waals surface area contributed by atoms with Crippen LogP contribution in [0.3, 0.4) is 0 Å². The Morgan fingerprint density at radius 2 is 1.71 bits per heavy atom. The normalized spacial score (nSPS) is 10.4. The first-order valence-electron chi connectivity index (χ1n) is 10.0. The van der Waals surface area contributed by atoms with Crippen LogP contribution in [0.5, 0.6) is 11.5 Å². The number of carbonyl (C=O) groups is 2. The molecule has 0 saturated carbocycles. The fraction of sp³-hybridized carbons (Fsp3) is 0.250. The first kappa shape index (κ1) is 22.4. The molecule has 6 nitrogen and oxygen atoms in total. The summed E-state index contributed by atoms with van der Waals surface area (Å²) >= 11 is 1.36. The Kier molecular flexibility index (Phi) is 8.06. The lowest BCUT2D eigenvalue weighted by atomic mass is 10.1. The number of nitrogens with one attached hydrogen (secondary N) is 1. The van der Waals surface area contributed by atoms with E-state index in [1.807, 2.05) is 54.6 Å². The molecule has 0 unspecified atom stereocenters. The molecule has 7 heteroatoms. The summed E-state index contributed by atoms with van der Waals surface area (Å²) in [5.41, 5.74) is 1.35. The van der Waals surface area contributed by atoms with E-state index in [1.54, 1.807) is 20.1 Å². The number of anilines is 1. The number of methoxy groups -OCH3 is 1. The highest BCUT2D eigenvalue weighted by atomic mass is 32.1. The van der Waals surface area contributed by atoms with Crippen LogP contribution in [-0.4, -0.2) is 32.2 Å². The lowest BCUT2D eigenvalue weighted by Gasteiger charge is -2.08. The van der Waals surface area contributed by atoms with E-state index in [4.69, 9.17) is 14.2 Å². The summed E-state index contributed by atoms with van der Waals surface area (Å²) in [4.78, 5) is 25.7. The van der Waals surface area contributed by atoms with Gasteiger partial charge in [-0.1, -0.05) is 30.3 Å². The van der Waals surface area contributed by atoms with Gasteiger partial charge in [-0.2, -0.15) is 0 Å². The van der Waals surface area contributed by atoms with Crippen LogP contribution in [-0.2, 0) is 9.53 Å². The van der Waals surface area contributed by atoms with Crippen LogP contribution in [0.2, 0.25) is 0 Å². The second kappa shape index (κ2) is 11.2. The fourth-order valence-corrected chi connectivity index (χ4v) is 3.94. The lowest BCUT2D eigenvalue weighted by molar-refractivity contribution is -0.116. The van der Waals surface area contributed by atoms with Crippen LogP contribution in [0.15, 0.2) is 60.7 Å². The maximum absolute atomic E-state index is 12.5. The molecule has 0 spiro atoms. The Bertz CT molecular complexity index is 999. The van der Waals surface area contributed by atoms with Crippen molar-refractivity contribution in [3.05, 3.63) is 66.2 Å². The average molecular weight is 440 g/mol. The number of benzene rings is 2. The minimum absolute atomic E-state index is 0.176. The van der Waals surface area contributed by atoms with Gasteiger partial charge in [-0.15, -0.1) is 11.3 Å². The number of thiophene rings is 1. The molecular weight excluding hydrogens is 414 g/mol. The number of carbonyl (C=O) groups excluding carboxylic acids is 2. The van der Waals surface area contributed by atoms with E-state index < -0.39 is 5.97 Å². The molecule has 3 rings (SSSR count). The number of amides is 1. The first-order valence-corrected chi connectivity index (χ1v) is 10.9. The van der Waals surface area contributed by atoms with E-state index >= 15 is 0 Å². The van der Waals surface area contributed by atoms with Crippen molar-refractivity contribution in [2.24, 2.45) is 0 Å². The van der Waals surface area contributed by atoms with E-state index in [1.165, 1.54) is 11.3 Å². The Balaban J connectivity index is 1.58. The smallest absolute Gasteiger partial charge is 0.341 e. The average Bonchev–Trinajstić information content (AvgIpc) is 3.22. The zero-order chi connectivity index (χ0) is 22.1. The van der Waals surface area contributed by atoms with Gasteiger partial charge in [0.15, 0.2) is 0 Å². The predicted molar refractivity (Wildman–Crippen MR) is 122 cm³/mol. The van der Waals surface area contributed by atoms with Gasteiger partial charge in [0.05, 0.1) is 25.9 Å². The monoisotopic (exact) mass is 439 g/mol. The molecule has 31 heavy (non-hydrogen) atoms. The van der Waals surface area contributed by atoms with Crippen molar-refractivity contribution in [2.75, 3.05) is 25.6 Å². The third kappa shape index (κ3) is 6.33. The quantitative estimate of drug-likeness (QED) is 0.338. The molecule has 0 fully saturated rings. The van der Waals surface area contributed by atoms with Gasteiger partial charge >= 0.3 is 5.97 Å². The van der Waals surface area contributed by atoms with E-state index in [2.05, 4.69) is 5.32 Å². The third-order valence-corrected chi connectivity index (χ3v) is 5.51. The fourth-order valence-electron chi connectivity index (χ4n) is 2.87. The molecule has 2 aromatic carbocycles. The van der Waals surface area contributed by atoms with Crippen molar-refractivity contribution in [3.8, 4) is 21.9 Å². The zero-order valence-corrected chi connectivity index (χ0v) is 18.4. The maximum Gasteiger partial charge on any atom is 0.341 e. The third-order valence-electron chi connectivity index (χ3n) is 4.42. The number of rotatable bonds is 10. The van der Waals surface area contributed by atoms with Crippen molar-refractivity contribution in [1.82, 2.24) is 0 Å². The van der Waals surface area contributed by atoms with Crippen molar-refractivity contribution in [3.63, 3.8) is 0 Å². The second-order valence-corrected chi connectivity index (χ2v) is 7.67. The van der Waals surface area contributed by atoms with Gasteiger partial charge in [0.25, 0.3) is 0 Å². The molecule has 0 atom stereocenters. The van der Waals surface area contributed by atoms with Gasteiger partial charge in [-0.05, 0) is 49.2 Å². The molecule has 1 N–H and O–H groups in total. The molecule has 162 valence electrons. The maximum atomic E-state index is 12.5. The highest BCUT2D eigenvalue weighted by molar-refractivity contribution is 7.20. The largest absolute Gasteiger partial charge is 0.497 e. The van der Waals surface area contributed by atoms with Gasteiger partial charge in [-0.3, -0.25) is 4.79 Å². The Labute approximate surface area is 185 Å². The highest BCUT2D eigenvalue weighted by Crippen LogP contribution is 2.36. The van der Waals surface area contributed by atoms with Crippen LogP contribution in [0.1, 0.15) is 30.1 Å². The molecule has 3 aromatic rings. The molecule has 0 aliphatic heterocycles. The molecule has 1 amide bonds. The van der Waals surface area contributed by atoms with Crippen LogP contribution in [0.25, 0.3) is 10.4 Å². The van der Waals surface area contributed by atoms with Crippen LogP contribution in [0, 0.1) is 0 Å². The molecule has 0 radical (unpaired) electrons. The summed E-state index contributed by atoms with van der Waals surface area (Å²) < 4.78 is 15.9. The summed E-state index contributed by atoms with van der Waals surface area (Å²) in [6.45, 7) is 2.43. The van der Waals surface area contributed by atoms with Crippen molar-refractivity contribution in [2.45, 2.75) is 19.8 Å². The Morgan fingerprint density at radius 1 is 1.00 bits per heavy atom. The standard InChI is InChI=1S/C24H25NO5S/c1-3-29-24(27)20-16-21(17-8-5-4-6-9-17)31-23(20)25-22(26)10-7-15-30-19-13-11-18(28-2)12-14-19/h4-6,8-9,11-14,16H,3,7,10,15H2,1-2H3,(H,25,26). The molecular formula is C24H25NO5S. The first-order chi connectivity index (χ1) is 15.1. The van der Waals surface area contributed by atoms with E-state index in [9.17, 15) is 9.59 Å². The molecule has 0 aliphatic rings. The Hall–Kier alpha value is -3.32. The van der Waals surface area contributed by atoms with E-state index in [-0.39, 0.29) is 18.9 Å². The van der Waals surface area contributed by atoms with Crippen LogP contribution < -0.4 is 14.8 Å². The zero-order valence-electron chi connectivity index (χ0n) is 17.6. The number of hydrogen-bond acceptors (Lipinski definition) is 6. The second-order valence-electron chi connectivity index (χ2n) is 6.62. The molecule has 0 bridgehead atoms. The molecule has 1 aromatic heterocycles. The number of ether oxygens (including phenoxy) is 3. The topological polar surface area (TPSA) is 73.9 Å².